The molecule has 4 saturated heterocycles. The quantitative estimate of drug-likeness (QED) is 0.149. The molecule has 12 rings (SSSR count). The number of fused-ring (bicyclic) bond motifs is 4. The first-order valence-corrected chi connectivity index (χ1v) is 31.9. The predicted molar refractivity (Wildman–Crippen MR) is 334 cm³/mol. The molecule has 4 aromatic rings. The van der Waals surface area contributed by atoms with E-state index < -0.39 is 24.4 Å². The van der Waals surface area contributed by atoms with Crippen molar-refractivity contribution in [3.05, 3.63) is 121 Å². The van der Waals surface area contributed by atoms with Crippen molar-refractivity contribution in [3.63, 3.8) is 0 Å². The van der Waals surface area contributed by atoms with Crippen LogP contribution in [0.15, 0.2) is 121 Å². The zero-order valence-electron chi connectivity index (χ0n) is 51.3. The number of carbonyl (C=O) groups is 8. The molecule has 0 spiro atoms. The molecule has 4 aromatic carbocycles. The fourth-order valence-corrected chi connectivity index (χ4v) is 13.3. The minimum Gasteiger partial charge on any atom is -0.365 e. The first kappa shape index (κ1) is 64.9. The summed E-state index contributed by atoms with van der Waals surface area (Å²) in [4.78, 5) is 105. The second kappa shape index (κ2) is 31.6. The highest BCUT2D eigenvalue weighted by Crippen LogP contribution is 2.36. The zero-order chi connectivity index (χ0) is 62.1. The predicted octanol–water partition coefficient (Wildman–Crippen LogP) is 12.1. The number of benzene rings is 4. The van der Waals surface area contributed by atoms with Crippen molar-refractivity contribution in [1.29, 1.82) is 0 Å². The Morgan fingerprint density at radius 1 is 0.307 bits per heavy atom. The van der Waals surface area contributed by atoms with Crippen molar-refractivity contribution in [1.82, 2.24) is 19.6 Å². The van der Waals surface area contributed by atoms with Gasteiger partial charge in [-0.15, -0.1) is 0 Å². The van der Waals surface area contributed by atoms with Crippen molar-refractivity contribution in [2.24, 2.45) is 23.7 Å². The lowest BCUT2D eigenvalue weighted by molar-refractivity contribution is -0.140. The SMILES string of the molecule is C[C@@H]1O[C@@H]2CCCC[C@H]2CN(C(=O)Nc2ccccc2)C1=O.C[C@@H]1O[C@@H]2CCCC[C@H]2CN(C(=O)Nc2ccccc2)C1=O.C[C@@H]1O[C@@H]2CCCC[C@H]2CN(C(=O)Nc2ccccc2)C1=O.C[C@@H]1O[C@@H]2CCCC[C@H]2CN(C(=O)Nc2ccccc2)C1=O. The van der Waals surface area contributed by atoms with Gasteiger partial charge in [-0.1, -0.05) is 124 Å². The van der Waals surface area contributed by atoms with Crippen molar-refractivity contribution in [2.75, 3.05) is 47.4 Å². The fourth-order valence-electron chi connectivity index (χ4n) is 13.3. The summed E-state index contributed by atoms with van der Waals surface area (Å²) < 4.78 is 23.5. The highest BCUT2D eigenvalue weighted by molar-refractivity contribution is 6.05. The molecule has 4 heterocycles. The minimum absolute atomic E-state index is 0.0993. The van der Waals surface area contributed by atoms with Crippen molar-refractivity contribution >= 4 is 70.5 Å². The number of nitrogens with one attached hydrogen (secondary N) is 4. The largest absolute Gasteiger partial charge is 0.365 e. The molecule has 0 unspecified atom stereocenters. The lowest BCUT2D eigenvalue weighted by Gasteiger charge is -2.30. The molecule has 4 saturated carbocycles. The number of amides is 12. The molecule has 12 amide bonds. The Morgan fingerprint density at radius 2 is 0.489 bits per heavy atom. The van der Waals surface area contributed by atoms with Crippen LogP contribution in [-0.2, 0) is 38.1 Å². The number of carbonyl (C=O) groups excluding carboxylic acids is 8. The van der Waals surface area contributed by atoms with Gasteiger partial charge in [-0.25, -0.2) is 19.2 Å². The van der Waals surface area contributed by atoms with E-state index in [0.717, 1.165) is 103 Å². The van der Waals surface area contributed by atoms with E-state index in [-0.39, 0.29) is 95.8 Å². The summed E-state index contributed by atoms with van der Waals surface area (Å²) in [5, 5.41) is 11.2. The molecule has 0 radical (unpaired) electrons. The molecule has 4 aliphatic carbocycles. The average molecular weight is 1210 g/mol. The summed E-state index contributed by atoms with van der Waals surface area (Å²) in [6.07, 6.45) is 15.2. The van der Waals surface area contributed by atoms with E-state index in [1.807, 2.05) is 121 Å². The van der Waals surface area contributed by atoms with Crippen LogP contribution in [-0.4, -0.2) is 142 Å². The van der Waals surface area contributed by atoms with Crippen LogP contribution in [0.4, 0.5) is 41.9 Å². The maximum atomic E-state index is 12.5. The normalized spacial score (nSPS) is 28.7. The average Bonchev–Trinajstić information content (AvgIpc) is 3.64. The lowest BCUT2D eigenvalue weighted by atomic mass is 9.86. The number of para-hydroxylation sites is 4. The monoisotopic (exact) mass is 1210 g/mol. The number of hydrogen-bond acceptors (Lipinski definition) is 12. The molecule has 20 nitrogen and oxygen atoms in total. The van der Waals surface area contributed by atoms with E-state index in [2.05, 4.69) is 21.3 Å². The fraction of sp³-hybridized carbons (Fsp3) is 0.529. The lowest BCUT2D eigenvalue weighted by Crippen LogP contribution is -2.45. The van der Waals surface area contributed by atoms with Gasteiger partial charge in [0.1, 0.15) is 24.4 Å². The topological polar surface area (TPSA) is 235 Å². The maximum absolute atomic E-state index is 12.5. The van der Waals surface area contributed by atoms with Crippen molar-refractivity contribution in [2.45, 2.75) is 179 Å². The van der Waals surface area contributed by atoms with E-state index in [4.69, 9.17) is 18.9 Å². The molecule has 0 bridgehead atoms. The Kier molecular flexibility index (Phi) is 23.3. The van der Waals surface area contributed by atoms with Gasteiger partial charge in [0.05, 0.1) is 24.4 Å². The van der Waals surface area contributed by atoms with Gasteiger partial charge in [-0.2, -0.15) is 0 Å². The first-order valence-electron chi connectivity index (χ1n) is 31.9. The minimum atomic E-state index is -0.561. The summed E-state index contributed by atoms with van der Waals surface area (Å²) in [5.74, 6) is 0.0259. The summed E-state index contributed by atoms with van der Waals surface area (Å²) in [5.41, 5.74) is 2.77. The highest BCUT2D eigenvalue weighted by Gasteiger charge is 2.43. The number of anilines is 4. The Hall–Kier alpha value is -7.52. The van der Waals surface area contributed by atoms with E-state index in [9.17, 15) is 38.4 Å². The molecule has 8 fully saturated rings. The molecular weight excluding hydrogens is 1120 g/mol. The molecule has 12 atom stereocenters. The van der Waals surface area contributed by atoms with Gasteiger partial charge in [0.2, 0.25) is 0 Å². The third-order valence-corrected chi connectivity index (χ3v) is 18.1. The Morgan fingerprint density at radius 3 is 0.682 bits per heavy atom. The zero-order valence-corrected chi connectivity index (χ0v) is 51.3. The summed E-state index contributed by atoms with van der Waals surface area (Å²) in [7, 11) is 0. The van der Waals surface area contributed by atoms with Gasteiger partial charge in [-0.05, 0) is 128 Å². The molecule has 8 aliphatic rings. The van der Waals surface area contributed by atoms with Crippen molar-refractivity contribution < 1.29 is 57.3 Å². The summed E-state index contributed by atoms with van der Waals surface area (Å²) >= 11 is 0. The second-order valence-electron chi connectivity index (χ2n) is 24.4. The number of rotatable bonds is 4. The van der Waals surface area contributed by atoms with Crippen LogP contribution < -0.4 is 21.3 Å². The Labute approximate surface area is 517 Å². The third kappa shape index (κ3) is 17.4. The molecule has 0 aromatic heterocycles. The van der Waals surface area contributed by atoms with Crippen LogP contribution in [0, 0.1) is 23.7 Å². The number of hydrogen-bond donors (Lipinski definition) is 4. The standard InChI is InChI=1S/4C17H22N2O3/c4*1-12-16(20)19(11-13-7-5-6-10-15(13)22-12)17(21)18-14-8-3-2-4-9-14/h4*2-4,8-9,12-13,15H,5-7,10-11H2,1H3,(H,18,21)/t4*12-,13-,15+/m0000/s1. The second-order valence-corrected chi connectivity index (χ2v) is 24.4. The molecule has 20 heteroatoms. The smallest absolute Gasteiger partial charge is 0.328 e. The summed E-state index contributed by atoms with van der Waals surface area (Å²) in [6.45, 7) is 8.76. The van der Waals surface area contributed by atoms with Gasteiger partial charge in [0, 0.05) is 72.6 Å². The maximum Gasteiger partial charge on any atom is 0.328 e. The summed E-state index contributed by atoms with van der Waals surface area (Å²) in [6, 6.07) is 35.4. The molecule has 4 N–H and O–H groups in total. The van der Waals surface area contributed by atoms with E-state index in [0.29, 0.717) is 48.9 Å². The number of nitrogens with zero attached hydrogens (tertiary/aromatic N) is 4. The molecular formula is C68H88N8O12. The molecule has 4 aliphatic heterocycles. The Balaban J connectivity index is 0.000000140. The van der Waals surface area contributed by atoms with E-state index >= 15 is 0 Å². The van der Waals surface area contributed by atoms with Crippen LogP contribution in [0.2, 0.25) is 0 Å². The van der Waals surface area contributed by atoms with Crippen LogP contribution in [0.3, 0.4) is 0 Å². The third-order valence-electron chi connectivity index (χ3n) is 18.1. The van der Waals surface area contributed by atoms with Crippen LogP contribution in [0.25, 0.3) is 0 Å². The van der Waals surface area contributed by atoms with E-state index in [1.54, 1.807) is 27.7 Å². The highest BCUT2D eigenvalue weighted by atomic mass is 16.5. The van der Waals surface area contributed by atoms with Gasteiger partial charge in [-0.3, -0.25) is 38.8 Å². The Bertz CT molecular complexity index is 2580. The number of ether oxygens (including phenoxy) is 4. The molecule has 88 heavy (non-hydrogen) atoms. The number of urea groups is 4. The van der Waals surface area contributed by atoms with E-state index in [1.165, 1.54) is 19.6 Å². The van der Waals surface area contributed by atoms with Crippen molar-refractivity contribution in [3.8, 4) is 0 Å². The van der Waals surface area contributed by atoms with Gasteiger partial charge < -0.3 is 40.2 Å². The van der Waals surface area contributed by atoms with Gasteiger partial charge in [0.15, 0.2) is 0 Å². The van der Waals surface area contributed by atoms with Crippen LogP contribution in [0.5, 0.6) is 0 Å². The molecule has 472 valence electrons. The number of imide groups is 4. The van der Waals surface area contributed by atoms with Crippen LogP contribution in [0.1, 0.15) is 130 Å². The van der Waals surface area contributed by atoms with Gasteiger partial charge >= 0.3 is 24.1 Å². The van der Waals surface area contributed by atoms with Gasteiger partial charge in [0.25, 0.3) is 23.6 Å². The van der Waals surface area contributed by atoms with Crippen LogP contribution >= 0.6 is 0 Å². The first-order chi connectivity index (χ1) is 42.6.